The van der Waals surface area contributed by atoms with E-state index in [1.807, 2.05) is 13.8 Å². The molecule has 1 saturated carbocycles. The maximum absolute atomic E-state index is 12.8. The number of halogens is 1. The molecular weight excluding hydrogens is 394 g/mol. The normalized spacial score (nSPS) is 22.3. The van der Waals surface area contributed by atoms with E-state index in [9.17, 15) is 19.6 Å². The van der Waals surface area contributed by atoms with Gasteiger partial charge >= 0.3 is 0 Å². The Labute approximate surface area is 174 Å². The summed E-state index contributed by atoms with van der Waals surface area (Å²) in [6, 6.07) is 2.01. The van der Waals surface area contributed by atoms with Crippen molar-refractivity contribution in [2.75, 3.05) is 0 Å². The third-order valence-corrected chi connectivity index (χ3v) is 5.58. The van der Waals surface area contributed by atoms with Gasteiger partial charge in [0.2, 0.25) is 11.8 Å². The SMILES string of the molecule is CC1(C)C[C@@H](CC(C#N)NC(=O)C(CC2CC2)NC(=O)c2cc(Cl)c[nH]2)C(=O)N1. The van der Waals surface area contributed by atoms with Crippen molar-refractivity contribution >= 4 is 29.3 Å². The van der Waals surface area contributed by atoms with E-state index in [1.165, 1.54) is 12.3 Å². The molecule has 2 heterocycles. The Balaban J connectivity index is 1.61. The van der Waals surface area contributed by atoms with Crippen molar-refractivity contribution in [2.45, 2.75) is 63.6 Å². The number of carbonyl (C=O) groups excluding carboxylic acids is 3. The minimum absolute atomic E-state index is 0.101. The van der Waals surface area contributed by atoms with Crippen molar-refractivity contribution < 1.29 is 14.4 Å². The summed E-state index contributed by atoms with van der Waals surface area (Å²) in [6.45, 7) is 3.86. The lowest BCUT2D eigenvalue weighted by atomic mass is 9.92. The summed E-state index contributed by atoms with van der Waals surface area (Å²) >= 11 is 5.84. The predicted octanol–water partition coefficient (Wildman–Crippen LogP) is 1.88. The second kappa shape index (κ2) is 8.46. The molecule has 8 nitrogen and oxygen atoms in total. The number of aromatic nitrogens is 1. The molecule has 0 spiro atoms. The van der Waals surface area contributed by atoms with Gasteiger partial charge in [0.25, 0.3) is 5.91 Å². The van der Waals surface area contributed by atoms with Crippen LogP contribution in [0.3, 0.4) is 0 Å². The van der Waals surface area contributed by atoms with Crippen molar-refractivity contribution in [1.82, 2.24) is 20.9 Å². The van der Waals surface area contributed by atoms with Crippen molar-refractivity contribution in [3.05, 3.63) is 23.0 Å². The molecule has 1 saturated heterocycles. The highest BCUT2D eigenvalue weighted by molar-refractivity contribution is 6.31. The highest BCUT2D eigenvalue weighted by Gasteiger charge is 2.39. The Morgan fingerprint density at radius 3 is 2.59 bits per heavy atom. The van der Waals surface area contributed by atoms with Crippen molar-refractivity contribution in [2.24, 2.45) is 11.8 Å². The average Bonchev–Trinajstić information content (AvgIpc) is 3.28. The summed E-state index contributed by atoms with van der Waals surface area (Å²) in [6.07, 6.45) is 4.90. The second-order valence-corrected chi connectivity index (χ2v) is 9.07. The Kier molecular flexibility index (Phi) is 6.18. The molecule has 0 bridgehead atoms. The second-order valence-electron chi connectivity index (χ2n) is 8.64. The molecule has 4 N–H and O–H groups in total. The van der Waals surface area contributed by atoms with E-state index in [0.29, 0.717) is 23.8 Å². The quantitative estimate of drug-likeness (QED) is 0.513. The molecule has 9 heteroatoms. The first-order valence-corrected chi connectivity index (χ1v) is 10.2. The third-order valence-electron chi connectivity index (χ3n) is 5.36. The van der Waals surface area contributed by atoms with E-state index < -0.39 is 23.9 Å². The minimum Gasteiger partial charge on any atom is -0.356 e. The van der Waals surface area contributed by atoms with E-state index in [4.69, 9.17) is 11.6 Å². The van der Waals surface area contributed by atoms with E-state index in [0.717, 1.165) is 12.8 Å². The highest BCUT2D eigenvalue weighted by Crippen LogP contribution is 2.34. The van der Waals surface area contributed by atoms with Crippen LogP contribution in [0.25, 0.3) is 0 Å². The van der Waals surface area contributed by atoms with Crippen molar-refractivity contribution in [1.29, 1.82) is 5.26 Å². The first-order valence-electron chi connectivity index (χ1n) is 9.83. The van der Waals surface area contributed by atoms with Crippen LogP contribution in [0.4, 0.5) is 0 Å². The number of nitriles is 1. The summed E-state index contributed by atoms with van der Waals surface area (Å²) in [7, 11) is 0. The average molecular weight is 420 g/mol. The van der Waals surface area contributed by atoms with Crippen LogP contribution < -0.4 is 16.0 Å². The van der Waals surface area contributed by atoms with Gasteiger partial charge in [0, 0.05) is 17.7 Å². The number of amides is 3. The number of aromatic amines is 1. The Bertz CT molecular complexity index is 839. The van der Waals surface area contributed by atoms with Crippen LogP contribution in [0, 0.1) is 23.2 Å². The monoisotopic (exact) mass is 419 g/mol. The lowest BCUT2D eigenvalue weighted by Crippen LogP contribution is -2.50. The van der Waals surface area contributed by atoms with Crippen LogP contribution in [0.5, 0.6) is 0 Å². The fourth-order valence-electron chi connectivity index (χ4n) is 3.74. The third kappa shape index (κ3) is 5.73. The molecule has 2 aliphatic rings. The summed E-state index contributed by atoms with van der Waals surface area (Å²) < 4.78 is 0. The molecule has 2 fully saturated rings. The molecule has 156 valence electrons. The zero-order chi connectivity index (χ0) is 21.2. The number of nitrogens with zero attached hydrogens (tertiary/aromatic N) is 1. The van der Waals surface area contributed by atoms with Crippen molar-refractivity contribution in [3.8, 4) is 6.07 Å². The first-order chi connectivity index (χ1) is 13.7. The summed E-state index contributed by atoms with van der Waals surface area (Å²) in [4.78, 5) is 40.1. The molecular formula is C20H26ClN5O3. The zero-order valence-corrected chi connectivity index (χ0v) is 17.3. The topological polar surface area (TPSA) is 127 Å². The molecule has 1 aliphatic heterocycles. The van der Waals surface area contributed by atoms with E-state index in [1.54, 1.807) is 0 Å². The molecule has 0 radical (unpaired) electrons. The van der Waals surface area contributed by atoms with E-state index in [2.05, 4.69) is 27.0 Å². The van der Waals surface area contributed by atoms with Gasteiger partial charge in [0.05, 0.1) is 11.1 Å². The summed E-state index contributed by atoms with van der Waals surface area (Å²) in [5.41, 5.74) is -0.0451. The molecule has 2 unspecified atom stereocenters. The van der Waals surface area contributed by atoms with Crippen LogP contribution in [0.1, 0.15) is 56.4 Å². The largest absolute Gasteiger partial charge is 0.356 e. The predicted molar refractivity (Wildman–Crippen MR) is 107 cm³/mol. The Morgan fingerprint density at radius 2 is 2.07 bits per heavy atom. The molecule has 1 aromatic heterocycles. The number of hydrogen-bond acceptors (Lipinski definition) is 4. The minimum atomic E-state index is -0.800. The maximum Gasteiger partial charge on any atom is 0.268 e. The Morgan fingerprint density at radius 1 is 1.34 bits per heavy atom. The van der Waals surface area contributed by atoms with Gasteiger partial charge in [0.1, 0.15) is 17.8 Å². The van der Waals surface area contributed by atoms with Gasteiger partial charge in [-0.3, -0.25) is 14.4 Å². The highest BCUT2D eigenvalue weighted by atomic mass is 35.5. The van der Waals surface area contributed by atoms with Crippen LogP contribution in [0.15, 0.2) is 12.3 Å². The number of H-pyrrole nitrogens is 1. The fourth-order valence-corrected chi connectivity index (χ4v) is 3.90. The number of carbonyl (C=O) groups is 3. The van der Waals surface area contributed by atoms with Crippen LogP contribution in [0.2, 0.25) is 5.02 Å². The molecule has 29 heavy (non-hydrogen) atoms. The van der Waals surface area contributed by atoms with Gasteiger partial charge in [0.15, 0.2) is 0 Å². The van der Waals surface area contributed by atoms with Crippen LogP contribution in [-0.2, 0) is 9.59 Å². The number of nitrogens with one attached hydrogen (secondary N) is 4. The first kappa shape index (κ1) is 21.2. The van der Waals surface area contributed by atoms with Gasteiger partial charge in [-0.25, -0.2) is 0 Å². The number of rotatable bonds is 8. The molecule has 1 aliphatic carbocycles. The molecule has 3 atom stereocenters. The number of hydrogen-bond donors (Lipinski definition) is 4. The lowest BCUT2D eigenvalue weighted by molar-refractivity contribution is -0.125. The van der Waals surface area contributed by atoms with E-state index in [-0.39, 0.29) is 29.5 Å². The molecule has 1 aromatic rings. The zero-order valence-electron chi connectivity index (χ0n) is 16.5. The van der Waals surface area contributed by atoms with Gasteiger partial charge in [-0.2, -0.15) is 5.26 Å². The summed E-state index contributed by atoms with van der Waals surface area (Å²) in [5.74, 6) is -0.876. The standard InChI is InChI=1S/C20H26ClN5O3/c1-20(2)8-12(17(27)26-20)6-14(9-22)24-19(29)16(5-11-3-4-11)25-18(28)15-7-13(21)10-23-15/h7,10-12,14,16,23H,3-6,8H2,1-2H3,(H,24,29)(H,25,28)(H,26,27)/t12-,14?,16?/m1/s1. The molecule has 3 amide bonds. The van der Waals surface area contributed by atoms with Crippen molar-refractivity contribution in [3.63, 3.8) is 0 Å². The molecule has 3 rings (SSSR count). The fraction of sp³-hybridized carbons (Fsp3) is 0.600. The smallest absolute Gasteiger partial charge is 0.268 e. The van der Waals surface area contributed by atoms with Gasteiger partial charge < -0.3 is 20.9 Å². The van der Waals surface area contributed by atoms with Gasteiger partial charge in [-0.15, -0.1) is 0 Å². The van der Waals surface area contributed by atoms with Gasteiger partial charge in [-0.05, 0) is 45.1 Å². The lowest BCUT2D eigenvalue weighted by Gasteiger charge is -2.21. The van der Waals surface area contributed by atoms with Crippen LogP contribution >= 0.6 is 11.6 Å². The van der Waals surface area contributed by atoms with Crippen LogP contribution in [-0.4, -0.2) is 40.3 Å². The summed E-state index contributed by atoms with van der Waals surface area (Å²) in [5, 5.41) is 18.2. The molecule has 0 aromatic carbocycles. The van der Waals surface area contributed by atoms with E-state index >= 15 is 0 Å². The maximum atomic E-state index is 12.8. The van der Waals surface area contributed by atoms with Gasteiger partial charge in [-0.1, -0.05) is 24.4 Å². The Hall–Kier alpha value is -2.53.